The van der Waals surface area contributed by atoms with Crippen molar-refractivity contribution < 1.29 is 9.18 Å². The summed E-state index contributed by atoms with van der Waals surface area (Å²) in [5, 5.41) is 4.69. The lowest BCUT2D eigenvalue weighted by atomic mass is 10.2. The number of hydrogen-bond donors (Lipinski definition) is 1. The number of halogens is 3. The van der Waals surface area contributed by atoms with Gasteiger partial charge in [0.25, 0.3) is 5.91 Å². The Bertz CT molecular complexity index is 585. The SMILES string of the molecule is O=C(NCc1cc(Br)cs1)c1ccc(Br)c(F)c1. The fourth-order valence-electron chi connectivity index (χ4n) is 1.35. The Hall–Kier alpha value is -0.720. The zero-order valence-electron chi connectivity index (χ0n) is 9.04. The average Bonchev–Trinajstić information content (AvgIpc) is 2.75. The summed E-state index contributed by atoms with van der Waals surface area (Å²) in [6, 6.07) is 6.25. The molecule has 1 aromatic heterocycles. The quantitative estimate of drug-likeness (QED) is 0.826. The van der Waals surface area contributed by atoms with Crippen molar-refractivity contribution in [3.63, 3.8) is 0 Å². The van der Waals surface area contributed by atoms with Crippen LogP contribution < -0.4 is 5.32 Å². The fraction of sp³-hybridized carbons (Fsp3) is 0.0833. The summed E-state index contributed by atoms with van der Waals surface area (Å²) >= 11 is 7.94. The van der Waals surface area contributed by atoms with E-state index in [9.17, 15) is 9.18 Å². The van der Waals surface area contributed by atoms with Crippen LogP contribution in [0.5, 0.6) is 0 Å². The predicted molar refractivity (Wildman–Crippen MR) is 77.3 cm³/mol. The molecule has 2 nitrogen and oxygen atoms in total. The van der Waals surface area contributed by atoms with Crippen LogP contribution in [0.2, 0.25) is 0 Å². The van der Waals surface area contributed by atoms with Crippen molar-refractivity contribution in [2.75, 3.05) is 0 Å². The van der Waals surface area contributed by atoms with E-state index in [4.69, 9.17) is 0 Å². The first-order chi connectivity index (χ1) is 8.56. The van der Waals surface area contributed by atoms with Crippen LogP contribution in [0.1, 0.15) is 15.2 Å². The van der Waals surface area contributed by atoms with E-state index >= 15 is 0 Å². The lowest BCUT2D eigenvalue weighted by Gasteiger charge is -2.04. The van der Waals surface area contributed by atoms with Crippen molar-refractivity contribution in [3.05, 3.63) is 54.8 Å². The Morgan fingerprint density at radius 2 is 2.11 bits per heavy atom. The van der Waals surface area contributed by atoms with E-state index in [0.717, 1.165) is 9.35 Å². The highest BCUT2D eigenvalue weighted by molar-refractivity contribution is 9.10. The summed E-state index contributed by atoms with van der Waals surface area (Å²) in [5.74, 6) is -0.729. The number of nitrogens with one attached hydrogen (secondary N) is 1. The third kappa shape index (κ3) is 3.40. The molecule has 0 aliphatic rings. The van der Waals surface area contributed by atoms with Crippen molar-refractivity contribution in [2.45, 2.75) is 6.54 Å². The Labute approximate surface area is 124 Å². The van der Waals surface area contributed by atoms with E-state index in [0.29, 0.717) is 16.6 Å². The minimum atomic E-state index is -0.443. The molecule has 0 aliphatic carbocycles. The number of carbonyl (C=O) groups excluding carboxylic acids is 1. The second-order valence-corrected chi connectivity index (χ2v) is 6.31. The number of amides is 1. The van der Waals surface area contributed by atoms with Crippen molar-refractivity contribution in [3.8, 4) is 0 Å². The molecular formula is C12H8Br2FNOS. The topological polar surface area (TPSA) is 29.1 Å². The van der Waals surface area contributed by atoms with Gasteiger partial charge in [0.2, 0.25) is 0 Å². The highest BCUT2D eigenvalue weighted by atomic mass is 79.9. The summed E-state index contributed by atoms with van der Waals surface area (Å²) in [6.45, 7) is 0.437. The molecule has 2 rings (SSSR count). The van der Waals surface area contributed by atoms with Crippen LogP contribution in [0.15, 0.2) is 38.6 Å². The largest absolute Gasteiger partial charge is 0.347 e. The van der Waals surface area contributed by atoms with E-state index in [1.54, 1.807) is 17.4 Å². The first-order valence-electron chi connectivity index (χ1n) is 5.02. The van der Waals surface area contributed by atoms with E-state index in [1.807, 2.05) is 11.4 Å². The summed E-state index contributed by atoms with van der Waals surface area (Å²) in [6.07, 6.45) is 0. The van der Waals surface area contributed by atoms with E-state index in [2.05, 4.69) is 37.2 Å². The average molecular weight is 393 g/mol. The normalized spacial score (nSPS) is 10.4. The van der Waals surface area contributed by atoms with Crippen LogP contribution in [0, 0.1) is 5.82 Å². The lowest BCUT2D eigenvalue weighted by molar-refractivity contribution is 0.0951. The van der Waals surface area contributed by atoms with Crippen LogP contribution in [0.25, 0.3) is 0 Å². The van der Waals surface area contributed by atoms with Gasteiger partial charge >= 0.3 is 0 Å². The Morgan fingerprint density at radius 1 is 1.33 bits per heavy atom. The maximum Gasteiger partial charge on any atom is 0.251 e. The van der Waals surface area contributed by atoms with Crippen molar-refractivity contribution in [2.24, 2.45) is 0 Å². The van der Waals surface area contributed by atoms with Gasteiger partial charge in [0.15, 0.2) is 0 Å². The fourth-order valence-corrected chi connectivity index (χ4v) is 2.99. The van der Waals surface area contributed by atoms with E-state index in [-0.39, 0.29) is 5.91 Å². The molecule has 0 bridgehead atoms. The number of benzene rings is 1. The van der Waals surface area contributed by atoms with Crippen LogP contribution in [-0.2, 0) is 6.54 Å². The Kier molecular flexibility index (Phi) is 4.53. The molecule has 0 atom stereocenters. The molecule has 1 amide bonds. The summed E-state index contributed by atoms with van der Waals surface area (Å²) in [5.41, 5.74) is 0.311. The highest BCUT2D eigenvalue weighted by Gasteiger charge is 2.08. The van der Waals surface area contributed by atoms with Gasteiger partial charge in [-0.15, -0.1) is 11.3 Å². The minimum absolute atomic E-state index is 0.286. The Balaban J connectivity index is 2.01. The van der Waals surface area contributed by atoms with Gasteiger partial charge < -0.3 is 5.32 Å². The molecule has 0 unspecified atom stereocenters. The molecule has 6 heteroatoms. The van der Waals surface area contributed by atoms with Crippen molar-refractivity contribution >= 4 is 49.1 Å². The van der Waals surface area contributed by atoms with Gasteiger partial charge in [-0.1, -0.05) is 0 Å². The lowest BCUT2D eigenvalue weighted by Crippen LogP contribution is -2.22. The van der Waals surface area contributed by atoms with Gasteiger partial charge in [0.1, 0.15) is 5.82 Å². The minimum Gasteiger partial charge on any atom is -0.347 e. The first-order valence-corrected chi connectivity index (χ1v) is 7.49. The van der Waals surface area contributed by atoms with E-state index in [1.165, 1.54) is 12.1 Å². The molecule has 1 N–H and O–H groups in total. The Morgan fingerprint density at radius 3 is 2.72 bits per heavy atom. The predicted octanol–water partition coefficient (Wildman–Crippen LogP) is 4.34. The number of thiophene rings is 1. The van der Waals surface area contributed by atoms with Crippen molar-refractivity contribution in [1.82, 2.24) is 5.32 Å². The molecule has 0 spiro atoms. The molecule has 0 saturated heterocycles. The van der Waals surface area contributed by atoms with Crippen molar-refractivity contribution in [1.29, 1.82) is 0 Å². The highest BCUT2D eigenvalue weighted by Crippen LogP contribution is 2.20. The van der Waals surface area contributed by atoms with E-state index < -0.39 is 5.82 Å². The van der Waals surface area contributed by atoms with Gasteiger partial charge in [-0.3, -0.25) is 4.79 Å². The molecule has 0 aliphatic heterocycles. The van der Waals surface area contributed by atoms with Gasteiger partial charge in [0, 0.05) is 20.3 Å². The molecule has 18 heavy (non-hydrogen) atoms. The van der Waals surface area contributed by atoms with Gasteiger partial charge in [0.05, 0.1) is 11.0 Å². The molecule has 0 fully saturated rings. The maximum absolute atomic E-state index is 13.3. The summed E-state index contributed by atoms with van der Waals surface area (Å²) < 4.78 is 14.6. The summed E-state index contributed by atoms with van der Waals surface area (Å²) in [7, 11) is 0. The zero-order chi connectivity index (χ0) is 13.1. The zero-order valence-corrected chi connectivity index (χ0v) is 13.0. The molecule has 0 radical (unpaired) electrons. The molecule has 1 heterocycles. The molecular weight excluding hydrogens is 385 g/mol. The molecule has 2 aromatic rings. The molecule has 0 saturated carbocycles. The van der Waals surface area contributed by atoms with Crippen LogP contribution in [0.4, 0.5) is 4.39 Å². The third-order valence-corrected chi connectivity index (χ3v) is 4.57. The summed E-state index contributed by atoms with van der Waals surface area (Å²) in [4.78, 5) is 12.8. The molecule has 94 valence electrons. The number of carbonyl (C=O) groups is 1. The van der Waals surface area contributed by atoms with Crippen LogP contribution >= 0.6 is 43.2 Å². The standard InChI is InChI=1S/C12H8Br2FNOS/c13-8-4-9(18-6-8)5-16-12(17)7-1-2-10(14)11(15)3-7/h1-4,6H,5H2,(H,16,17). The van der Waals surface area contributed by atoms with Gasteiger partial charge in [-0.25, -0.2) is 4.39 Å². The number of hydrogen-bond acceptors (Lipinski definition) is 2. The van der Waals surface area contributed by atoms with Gasteiger partial charge in [-0.05, 0) is 56.1 Å². The van der Waals surface area contributed by atoms with Crippen LogP contribution in [-0.4, -0.2) is 5.91 Å². The maximum atomic E-state index is 13.3. The molecule has 1 aromatic carbocycles. The second kappa shape index (κ2) is 5.95. The smallest absolute Gasteiger partial charge is 0.251 e. The third-order valence-electron chi connectivity index (χ3n) is 2.23. The second-order valence-electron chi connectivity index (χ2n) is 3.54. The number of rotatable bonds is 3. The monoisotopic (exact) mass is 391 g/mol. The van der Waals surface area contributed by atoms with Gasteiger partial charge in [-0.2, -0.15) is 0 Å². The first kappa shape index (κ1) is 13.7. The van der Waals surface area contributed by atoms with Crippen LogP contribution in [0.3, 0.4) is 0 Å².